The van der Waals surface area contributed by atoms with E-state index in [-0.39, 0.29) is 12.5 Å². The minimum Gasteiger partial charge on any atom is -0.395 e. The van der Waals surface area contributed by atoms with Crippen LogP contribution in [0.2, 0.25) is 0 Å². The Morgan fingerprint density at radius 3 is 2.75 bits per heavy atom. The van der Waals surface area contributed by atoms with Crippen molar-refractivity contribution in [1.29, 1.82) is 0 Å². The number of amides is 1. The molecular formula is C12H24N2O2. The van der Waals surface area contributed by atoms with Crippen LogP contribution in [0.25, 0.3) is 0 Å². The highest BCUT2D eigenvalue weighted by Gasteiger charge is 2.22. The Morgan fingerprint density at radius 1 is 1.44 bits per heavy atom. The molecule has 0 spiro atoms. The Labute approximate surface area is 98.0 Å². The van der Waals surface area contributed by atoms with Crippen LogP contribution in [-0.4, -0.2) is 48.7 Å². The number of aliphatic hydroxyl groups excluding tert-OH is 1. The van der Waals surface area contributed by atoms with Crippen molar-refractivity contribution < 1.29 is 9.90 Å². The van der Waals surface area contributed by atoms with Gasteiger partial charge in [0.2, 0.25) is 5.91 Å². The second-order valence-corrected chi connectivity index (χ2v) is 4.90. The average molecular weight is 228 g/mol. The fraction of sp³-hybridized carbons (Fsp3) is 0.917. The molecule has 94 valence electrons. The highest BCUT2D eigenvalue weighted by molar-refractivity contribution is 5.78. The monoisotopic (exact) mass is 228 g/mol. The van der Waals surface area contributed by atoms with Gasteiger partial charge in [0.15, 0.2) is 0 Å². The first-order valence-electron chi connectivity index (χ1n) is 6.22. The molecule has 0 radical (unpaired) electrons. The predicted octanol–water partition coefficient (Wildman–Crippen LogP) is 0.605. The highest BCUT2D eigenvalue weighted by Crippen LogP contribution is 2.23. The molecule has 1 rings (SSSR count). The second kappa shape index (κ2) is 6.86. The molecular weight excluding hydrogens is 204 g/mol. The van der Waals surface area contributed by atoms with E-state index in [1.54, 1.807) is 0 Å². The van der Waals surface area contributed by atoms with Crippen molar-refractivity contribution in [1.82, 2.24) is 10.2 Å². The zero-order valence-electron chi connectivity index (χ0n) is 10.4. The maximum atomic E-state index is 11.7. The molecule has 4 nitrogen and oxygen atoms in total. The summed E-state index contributed by atoms with van der Waals surface area (Å²) < 4.78 is 0. The lowest BCUT2D eigenvalue weighted by molar-refractivity contribution is -0.123. The number of carbonyl (C=O) groups is 1. The molecule has 1 aliphatic rings. The molecule has 0 unspecified atom stereocenters. The number of likely N-dealkylation sites (N-methyl/N-ethyl adjacent to an activating group) is 1. The summed E-state index contributed by atoms with van der Waals surface area (Å²) in [7, 11) is 1.85. The fourth-order valence-corrected chi connectivity index (χ4v) is 2.28. The van der Waals surface area contributed by atoms with Gasteiger partial charge in [-0.05, 0) is 25.8 Å². The van der Waals surface area contributed by atoms with E-state index in [0.717, 1.165) is 6.42 Å². The molecule has 1 aliphatic carbocycles. The van der Waals surface area contributed by atoms with Crippen molar-refractivity contribution >= 4 is 5.91 Å². The first-order valence-corrected chi connectivity index (χ1v) is 6.22. The lowest BCUT2D eigenvalue weighted by atomic mass is 9.86. The lowest BCUT2D eigenvalue weighted by Gasteiger charge is -2.30. The molecule has 0 aromatic rings. The van der Waals surface area contributed by atoms with E-state index in [0.29, 0.717) is 25.0 Å². The van der Waals surface area contributed by atoms with Gasteiger partial charge in [0.25, 0.3) is 0 Å². The summed E-state index contributed by atoms with van der Waals surface area (Å²) in [6.45, 7) is 3.24. The summed E-state index contributed by atoms with van der Waals surface area (Å²) >= 11 is 0. The van der Waals surface area contributed by atoms with Crippen LogP contribution in [0.3, 0.4) is 0 Å². The molecule has 0 aliphatic heterocycles. The number of rotatable bonds is 5. The normalized spacial score (nSPS) is 25.8. The van der Waals surface area contributed by atoms with Gasteiger partial charge in [-0.15, -0.1) is 0 Å². The Kier molecular flexibility index (Phi) is 5.77. The molecule has 4 heteroatoms. The van der Waals surface area contributed by atoms with E-state index in [1.165, 1.54) is 19.3 Å². The zero-order valence-corrected chi connectivity index (χ0v) is 10.4. The van der Waals surface area contributed by atoms with Gasteiger partial charge < -0.3 is 10.4 Å². The molecule has 0 aromatic carbocycles. The smallest absolute Gasteiger partial charge is 0.234 e. The van der Waals surface area contributed by atoms with Crippen molar-refractivity contribution in [3.8, 4) is 0 Å². The number of carbonyl (C=O) groups excluding carboxylic acids is 1. The minimum atomic E-state index is 0.0784. The summed E-state index contributed by atoms with van der Waals surface area (Å²) in [5.74, 6) is 0.676. The molecule has 1 fully saturated rings. The van der Waals surface area contributed by atoms with Crippen LogP contribution in [0.4, 0.5) is 0 Å². The van der Waals surface area contributed by atoms with E-state index >= 15 is 0 Å². The van der Waals surface area contributed by atoms with E-state index in [9.17, 15) is 4.79 Å². The van der Waals surface area contributed by atoms with E-state index < -0.39 is 0 Å². The lowest BCUT2D eigenvalue weighted by Crippen LogP contribution is -2.45. The third-order valence-electron chi connectivity index (χ3n) is 3.35. The number of hydrogen-bond donors (Lipinski definition) is 2. The van der Waals surface area contributed by atoms with Crippen molar-refractivity contribution in [2.24, 2.45) is 5.92 Å². The van der Waals surface area contributed by atoms with Crippen molar-refractivity contribution in [2.75, 3.05) is 26.7 Å². The number of hydrogen-bond acceptors (Lipinski definition) is 3. The summed E-state index contributed by atoms with van der Waals surface area (Å²) in [5.41, 5.74) is 0. The SMILES string of the molecule is C[C@H]1CCCC[C@H]1NC(=O)CN(C)CCO. The van der Waals surface area contributed by atoms with Crippen LogP contribution in [0.1, 0.15) is 32.6 Å². The van der Waals surface area contributed by atoms with Crippen LogP contribution in [0.5, 0.6) is 0 Å². The van der Waals surface area contributed by atoms with Gasteiger partial charge in [0.05, 0.1) is 13.2 Å². The van der Waals surface area contributed by atoms with E-state index in [4.69, 9.17) is 5.11 Å². The zero-order chi connectivity index (χ0) is 12.0. The van der Waals surface area contributed by atoms with Crippen LogP contribution >= 0.6 is 0 Å². The van der Waals surface area contributed by atoms with Crippen LogP contribution < -0.4 is 5.32 Å². The van der Waals surface area contributed by atoms with Gasteiger partial charge in [-0.1, -0.05) is 19.8 Å². The molecule has 0 aromatic heterocycles. The third-order valence-corrected chi connectivity index (χ3v) is 3.35. The molecule has 0 heterocycles. The Balaban J connectivity index is 2.27. The first kappa shape index (κ1) is 13.5. The van der Waals surface area contributed by atoms with Gasteiger partial charge in [0, 0.05) is 12.6 Å². The maximum Gasteiger partial charge on any atom is 0.234 e. The number of aliphatic hydroxyl groups is 1. The van der Waals surface area contributed by atoms with Gasteiger partial charge in [-0.25, -0.2) is 0 Å². The summed E-state index contributed by atoms with van der Waals surface area (Å²) in [4.78, 5) is 13.5. The van der Waals surface area contributed by atoms with Gasteiger partial charge >= 0.3 is 0 Å². The van der Waals surface area contributed by atoms with Gasteiger partial charge in [-0.3, -0.25) is 9.69 Å². The van der Waals surface area contributed by atoms with Crippen molar-refractivity contribution in [3.05, 3.63) is 0 Å². The van der Waals surface area contributed by atoms with E-state index in [1.807, 2.05) is 11.9 Å². The highest BCUT2D eigenvalue weighted by atomic mass is 16.3. The third kappa shape index (κ3) is 4.49. The molecule has 1 saturated carbocycles. The molecule has 2 atom stereocenters. The Hall–Kier alpha value is -0.610. The van der Waals surface area contributed by atoms with Crippen molar-refractivity contribution in [2.45, 2.75) is 38.6 Å². The Morgan fingerprint density at radius 2 is 2.12 bits per heavy atom. The summed E-state index contributed by atoms with van der Waals surface area (Å²) in [6.07, 6.45) is 4.84. The second-order valence-electron chi connectivity index (χ2n) is 4.90. The number of nitrogens with zero attached hydrogens (tertiary/aromatic N) is 1. The van der Waals surface area contributed by atoms with Crippen LogP contribution in [-0.2, 0) is 4.79 Å². The van der Waals surface area contributed by atoms with E-state index in [2.05, 4.69) is 12.2 Å². The fourth-order valence-electron chi connectivity index (χ4n) is 2.28. The summed E-state index contributed by atoms with van der Waals surface area (Å²) in [6, 6.07) is 0.351. The largest absolute Gasteiger partial charge is 0.395 e. The molecule has 2 N–H and O–H groups in total. The van der Waals surface area contributed by atoms with Crippen molar-refractivity contribution in [3.63, 3.8) is 0 Å². The molecule has 0 bridgehead atoms. The standard InChI is InChI=1S/C12H24N2O2/c1-10-5-3-4-6-11(10)13-12(16)9-14(2)7-8-15/h10-11,15H,3-9H2,1-2H3,(H,13,16)/t10-,11+/m0/s1. The van der Waals surface area contributed by atoms with Gasteiger partial charge in [0.1, 0.15) is 0 Å². The minimum absolute atomic E-state index is 0.0784. The van der Waals surface area contributed by atoms with Crippen LogP contribution in [0.15, 0.2) is 0 Å². The maximum absolute atomic E-state index is 11.7. The average Bonchev–Trinajstić information content (AvgIpc) is 2.21. The predicted molar refractivity (Wildman–Crippen MR) is 64.1 cm³/mol. The molecule has 0 saturated heterocycles. The summed E-state index contributed by atoms with van der Waals surface area (Å²) in [5, 5.41) is 11.8. The number of nitrogens with one attached hydrogen (secondary N) is 1. The van der Waals surface area contributed by atoms with Crippen LogP contribution in [0, 0.1) is 5.92 Å². The first-order chi connectivity index (χ1) is 7.63. The quantitative estimate of drug-likeness (QED) is 0.725. The molecule has 1 amide bonds. The topological polar surface area (TPSA) is 52.6 Å². The molecule has 16 heavy (non-hydrogen) atoms. The Bertz CT molecular complexity index is 221. The van der Waals surface area contributed by atoms with Gasteiger partial charge in [-0.2, -0.15) is 0 Å².